The van der Waals surface area contributed by atoms with Gasteiger partial charge in [0.2, 0.25) is 0 Å². The van der Waals surface area contributed by atoms with Gasteiger partial charge in [-0.3, -0.25) is 4.79 Å². The highest BCUT2D eigenvalue weighted by Gasteiger charge is 2.10. The van der Waals surface area contributed by atoms with E-state index in [1.807, 2.05) is 0 Å². The first-order valence-corrected chi connectivity index (χ1v) is 7.84. The average molecular weight is 351 g/mol. The minimum atomic E-state index is -0.637. The van der Waals surface area contributed by atoms with Crippen LogP contribution < -0.4 is 16.0 Å². The maximum absolute atomic E-state index is 12.5. The first-order chi connectivity index (χ1) is 12.5. The highest BCUT2D eigenvalue weighted by molar-refractivity contribution is 5.82. The fourth-order valence-corrected chi connectivity index (χ4v) is 2.61. The molecule has 2 aromatic carbocycles. The number of methoxy groups -OCH3 is 1. The Morgan fingerprint density at radius 1 is 1.31 bits per heavy atom. The number of H-pyrrole nitrogens is 1. The smallest absolute Gasteiger partial charge is 0.349 e. The van der Waals surface area contributed by atoms with Crippen LogP contribution in [0.2, 0.25) is 0 Å². The number of aromatic amines is 1. The zero-order chi connectivity index (χ0) is 18.7. The SMILES string of the molecule is C=CCc1cc(C=Nn2c(=O)[nH]c3ccccc3c2=O)cc(OC)c1O. The molecule has 0 amide bonds. The number of ether oxygens (including phenoxy) is 1. The summed E-state index contributed by atoms with van der Waals surface area (Å²) in [7, 11) is 1.44. The number of nitrogens with zero attached hydrogens (tertiary/aromatic N) is 2. The second-order valence-corrected chi connectivity index (χ2v) is 5.56. The highest BCUT2D eigenvalue weighted by atomic mass is 16.5. The number of benzene rings is 2. The average Bonchev–Trinajstić information content (AvgIpc) is 2.64. The third-order valence-corrected chi connectivity index (χ3v) is 3.87. The molecule has 0 fully saturated rings. The summed E-state index contributed by atoms with van der Waals surface area (Å²) in [5, 5.41) is 14.5. The third-order valence-electron chi connectivity index (χ3n) is 3.87. The van der Waals surface area contributed by atoms with Crippen LogP contribution in [0.4, 0.5) is 0 Å². The largest absolute Gasteiger partial charge is 0.504 e. The zero-order valence-corrected chi connectivity index (χ0v) is 14.1. The Balaban J connectivity index is 2.10. The number of rotatable bonds is 5. The molecule has 0 saturated carbocycles. The summed E-state index contributed by atoms with van der Waals surface area (Å²) >= 11 is 0. The number of para-hydroxylation sites is 1. The van der Waals surface area contributed by atoms with E-state index in [0.29, 0.717) is 28.5 Å². The number of nitrogens with one attached hydrogen (secondary N) is 1. The zero-order valence-electron chi connectivity index (χ0n) is 14.1. The van der Waals surface area contributed by atoms with Gasteiger partial charge in [0.05, 0.1) is 24.2 Å². The second kappa shape index (κ2) is 7.10. The van der Waals surface area contributed by atoms with Crippen molar-refractivity contribution in [1.29, 1.82) is 0 Å². The molecule has 26 heavy (non-hydrogen) atoms. The van der Waals surface area contributed by atoms with Crippen molar-refractivity contribution in [3.05, 3.63) is 81.0 Å². The van der Waals surface area contributed by atoms with E-state index in [2.05, 4.69) is 16.7 Å². The molecule has 0 aliphatic heterocycles. The third kappa shape index (κ3) is 3.14. The van der Waals surface area contributed by atoms with Gasteiger partial charge in [-0.15, -0.1) is 11.3 Å². The van der Waals surface area contributed by atoms with Crippen LogP contribution in [0.1, 0.15) is 11.1 Å². The summed E-state index contributed by atoms with van der Waals surface area (Å²) in [6.07, 6.45) is 3.44. The molecular formula is C19H17N3O4. The summed E-state index contributed by atoms with van der Waals surface area (Å²) in [5.74, 6) is 0.288. The Bertz CT molecular complexity index is 1130. The second-order valence-electron chi connectivity index (χ2n) is 5.56. The van der Waals surface area contributed by atoms with E-state index in [-0.39, 0.29) is 11.5 Å². The van der Waals surface area contributed by atoms with Gasteiger partial charge in [-0.2, -0.15) is 5.10 Å². The maximum atomic E-state index is 12.5. The number of phenolic OH excluding ortho intramolecular Hbond substituents is 1. The number of aromatic nitrogens is 2. The molecule has 2 N–H and O–H groups in total. The van der Waals surface area contributed by atoms with Gasteiger partial charge in [-0.1, -0.05) is 18.2 Å². The monoisotopic (exact) mass is 351 g/mol. The molecule has 7 nitrogen and oxygen atoms in total. The lowest BCUT2D eigenvalue weighted by Crippen LogP contribution is -2.32. The summed E-state index contributed by atoms with van der Waals surface area (Å²) in [4.78, 5) is 27.2. The molecule has 0 spiro atoms. The topological polar surface area (TPSA) is 96.7 Å². The molecule has 0 atom stereocenters. The van der Waals surface area contributed by atoms with Gasteiger partial charge in [-0.25, -0.2) is 4.79 Å². The molecule has 0 bridgehead atoms. The fraction of sp³-hybridized carbons (Fsp3) is 0.105. The normalized spacial score (nSPS) is 11.1. The molecule has 1 heterocycles. The van der Waals surface area contributed by atoms with Crippen molar-refractivity contribution < 1.29 is 9.84 Å². The van der Waals surface area contributed by atoms with E-state index in [9.17, 15) is 14.7 Å². The minimum absolute atomic E-state index is 0.0188. The molecule has 0 radical (unpaired) electrons. The van der Waals surface area contributed by atoms with Crippen molar-refractivity contribution in [2.45, 2.75) is 6.42 Å². The fourth-order valence-electron chi connectivity index (χ4n) is 2.61. The first kappa shape index (κ1) is 17.2. The Morgan fingerprint density at radius 3 is 2.81 bits per heavy atom. The molecule has 0 saturated heterocycles. The van der Waals surface area contributed by atoms with E-state index in [0.717, 1.165) is 4.68 Å². The number of allylic oxidation sites excluding steroid dienone is 1. The van der Waals surface area contributed by atoms with E-state index >= 15 is 0 Å². The van der Waals surface area contributed by atoms with Crippen molar-refractivity contribution in [3.63, 3.8) is 0 Å². The molecular weight excluding hydrogens is 334 g/mol. The number of fused-ring (bicyclic) bond motifs is 1. The van der Waals surface area contributed by atoms with Crippen LogP contribution in [0.25, 0.3) is 10.9 Å². The lowest BCUT2D eigenvalue weighted by molar-refractivity contribution is 0.371. The summed E-state index contributed by atoms with van der Waals surface area (Å²) < 4.78 is 5.91. The van der Waals surface area contributed by atoms with Crippen LogP contribution in [-0.4, -0.2) is 28.1 Å². The van der Waals surface area contributed by atoms with Crippen molar-refractivity contribution in [3.8, 4) is 11.5 Å². The van der Waals surface area contributed by atoms with Gasteiger partial charge in [0.25, 0.3) is 5.56 Å². The van der Waals surface area contributed by atoms with Crippen LogP contribution >= 0.6 is 0 Å². The molecule has 0 aliphatic carbocycles. The highest BCUT2D eigenvalue weighted by Crippen LogP contribution is 2.31. The lowest BCUT2D eigenvalue weighted by atomic mass is 10.1. The standard InChI is InChI=1S/C19H17N3O4/c1-3-6-13-9-12(10-16(26-2)17(13)23)11-20-22-18(24)14-7-4-5-8-15(14)21-19(22)25/h3-5,7-11,23H,1,6H2,2H3,(H,21,25). The van der Waals surface area contributed by atoms with E-state index in [1.54, 1.807) is 42.5 Å². The maximum Gasteiger partial charge on any atom is 0.349 e. The van der Waals surface area contributed by atoms with Crippen molar-refractivity contribution in [2.24, 2.45) is 5.10 Å². The predicted molar refractivity (Wildman–Crippen MR) is 100 cm³/mol. The number of hydrogen-bond donors (Lipinski definition) is 2. The number of hydrogen-bond acceptors (Lipinski definition) is 5. The van der Waals surface area contributed by atoms with Crippen LogP contribution in [0.15, 0.2) is 63.7 Å². The van der Waals surface area contributed by atoms with Crippen LogP contribution in [0.5, 0.6) is 11.5 Å². The predicted octanol–water partition coefficient (Wildman–Crippen LogP) is 2.01. The Morgan fingerprint density at radius 2 is 2.08 bits per heavy atom. The Labute approximate surface area is 148 Å². The van der Waals surface area contributed by atoms with Crippen LogP contribution in [0, 0.1) is 0 Å². The van der Waals surface area contributed by atoms with E-state index in [1.165, 1.54) is 13.3 Å². The Kier molecular flexibility index (Phi) is 4.70. The Hall–Kier alpha value is -3.61. The molecule has 132 valence electrons. The van der Waals surface area contributed by atoms with Crippen molar-refractivity contribution >= 4 is 17.1 Å². The minimum Gasteiger partial charge on any atom is -0.504 e. The summed E-state index contributed by atoms with van der Waals surface area (Å²) in [5.41, 5.74) is 0.463. The lowest BCUT2D eigenvalue weighted by Gasteiger charge is -2.09. The summed E-state index contributed by atoms with van der Waals surface area (Å²) in [6, 6.07) is 9.96. The van der Waals surface area contributed by atoms with Crippen LogP contribution in [-0.2, 0) is 6.42 Å². The molecule has 0 unspecified atom stereocenters. The first-order valence-electron chi connectivity index (χ1n) is 7.84. The van der Waals surface area contributed by atoms with Gasteiger partial charge < -0.3 is 14.8 Å². The number of phenols is 1. The number of aromatic hydroxyl groups is 1. The molecule has 3 aromatic rings. The molecule has 1 aromatic heterocycles. The molecule has 7 heteroatoms. The van der Waals surface area contributed by atoms with Gasteiger partial charge >= 0.3 is 5.69 Å². The van der Waals surface area contributed by atoms with Gasteiger partial charge in [0.1, 0.15) is 0 Å². The summed E-state index contributed by atoms with van der Waals surface area (Å²) in [6.45, 7) is 3.65. The van der Waals surface area contributed by atoms with E-state index < -0.39 is 11.2 Å². The van der Waals surface area contributed by atoms with Crippen molar-refractivity contribution in [1.82, 2.24) is 9.66 Å². The quantitative estimate of drug-likeness (QED) is 0.543. The van der Waals surface area contributed by atoms with Gasteiger partial charge in [0.15, 0.2) is 11.5 Å². The van der Waals surface area contributed by atoms with Crippen molar-refractivity contribution in [2.75, 3.05) is 7.11 Å². The molecule has 3 rings (SSSR count). The molecule has 0 aliphatic rings. The van der Waals surface area contributed by atoms with Crippen LogP contribution in [0.3, 0.4) is 0 Å². The van der Waals surface area contributed by atoms with Gasteiger partial charge in [-0.05, 0) is 36.2 Å². The van der Waals surface area contributed by atoms with E-state index in [4.69, 9.17) is 4.74 Å². The van der Waals surface area contributed by atoms with Gasteiger partial charge in [0, 0.05) is 5.56 Å².